The predicted molar refractivity (Wildman–Crippen MR) is 148 cm³/mol. The van der Waals surface area contributed by atoms with E-state index in [1.807, 2.05) is 0 Å². The first-order chi connectivity index (χ1) is 20.8. The molecule has 4 aliphatic carbocycles. The Bertz CT molecular complexity index is 1920. The number of carbonyl (C=O) groups excluding carboxylic acids is 5. The quantitative estimate of drug-likeness (QED) is 0.0963. The number of hydrogen-bond donors (Lipinski definition) is 5. The van der Waals surface area contributed by atoms with E-state index in [1.54, 1.807) is 6.92 Å². The van der Waals surface area contributed by atoms with Crippen molar-refractivity contribution in [1.82, 2.24) is 0 Å². The second-order valence-corrected chi connectivity index (χ2v) is 11.0. The standard InChI is InChI=1S/C32H24O12/c1-11-8-14-21(18(36)9-11)29(41)25-26(38)13-6-7-32(25,30(14)44-12(2)33)15-10-19(37)24(27(39)20(13)15)28(40)22-16(34)4-5-17(35)23(22)31(42)43-3/h4-10,13,25,30,34-37,39H,1-3H3/t13-,25?,30-,32-/m0/s1. The Morgan fingerprint density at radius 1 is 0.864 bits per heavy atom. The van der Waals surface area contributed by atoms with Gasteiger partial charge in [0.15, 0.2) is 11.6 Å². The van der Waals surface area contributed by atoms with Gasteiger partial charge in [-0.3, -0.25) is 19.2 Å². The van der Waals surface area contributed by atoms with E-state index < -0.39 is 98.1 Å². The molecule has 0 fully saturated rings. The first-order valence-corrected chi connectivity index (χ1v) is 13.3. The summed E-state index contributed by atoms with van der Waals surface area (Å²) in [7, 11) is 0.975. The first-order valence-electron chi connectivity index (χ1n) is 13.3. The van der Waals surface area contributed by atoms with Gasteiger partial charge in [-0.1, -0.05) is 18.2 Å². The lowest BCUT2D eigenvalue weighted by Crippen LogP contribution is -2.58. The highest BCUT2D eigenvalue weighted by atomic mass is 16.5. The molecule has 1 unspecified atom stereocenters. The van der Waals surface area contributed by atoms with Gasteiger partial charge in [0, 0.05) is 18.1 Å². The number of fused-ring (bicyclic) bond motifs is 1. The lowest BCUT2D eigenvalue weighted by molar-refractivity contribution is -0.153. The van der Waals surface area contributed by atoms with Crippen LogP contribution >= 0.6 is 0 Å². The molecule has 44 heavy (non-hydrogen) atoms. The summed E-state index contributed by atoms with van der Waals surface area (Å²) in [4.78, 5) is 66.6. The molecule has 0 radical (unpaired) electrons. The van der Waals surface area contributed by atoms with Crippen molar-refractivity contribution in [1.29, 1.82) is 0 Å². The second-order valence-electron chi connectivity index (χ2n) is 11.0. The molecule has 224 valence electrons. The van der Waals surface area contributed by atoms with Crippen molar-refractivity contribution >= 4 is 29.3 Å². The molecule has 5 N–H and O–H groups in total. The summed E-state index contributed by atoms with van der Waals surface area (Å²) in [6.07, 6.45) is 1.50. The number of esters is 2. The molecule has 4 atom stereocenters. The molecule has 0 saturated heterocycles. The predicted octanol–water partition coefficient (Wildman–Crippen LogP) is 3.13. The molecule has 4 aliphatic rings. The monoisotopic (exact) mass is 600 g/mol. The minimum Gasteiger partial charge on any atom is -0.507 e. The Kier molecular flexibility index (Phi) is 6.10. The van der Waals surface area contributed by atoms with Gasteiger partial charge in [0.05, 0.1) is 35.5 Å². The highest BCUT2D eigenvalue weighted by Gasteiger charge is 2.65. The van der Waals surface area contributed by atoms with Crippen LogP contribution in [0.25, 0.3) is 0 Å². The molecule has 2 bridgehead atoms. The number of rotatable bonds is 4. The van der Waals surface area contributed by atoms with Crippen molar-refractivity contribution in [3.8, 4) is 28.7 Å². The third kappa shape index (κ3) is 3.54. The van der Waals surface area contributed by atoms with Crippen LogP contribution in [0.2, 0.25) is 0 Å². The summed E-state index contributed by atoms with van der Waals surface area (Å²) >= 11 is 0. The van der Waals surface area contributed by atoms with Gasteiger partial charge in [0.25, 0.3) is 0 Å². The maximum atomic E-state index is 14.0. The molecular formula is C32H24O12. The molecule has 3 aromatic carbocycles. The smallest absolute Gasteiger partial charge is 0.342 e. The zero-order valence-electron chi connectivity index (χ0n) is 23.4. The first kappa shape index (κ1) is 28.5. The number of phenolic OH excluding ortho intramolecular Hbond substituents is 5. The normalized spacial score (nSPS) is 22.6. The third-order valence-corrected chi connectivity index (χ3v) is 8.54. The van der Waals surface area contributed by atoms with Crippen molar-refractivity contribution in [2.75, 3.05) is 7.11 Å². The number of phenols is 5. The number of ether oxygens (including phenoxy) is 2. The van der Waals surface area contributed by atoms with Crippen molar-refractivity contribution in [2.45, 2.75) is 31.3 Å². The zero-order chi connectivity index (χ0) is 32.0. The molecular weight excluding hydrogens is 576 g/mol. The van der Waals surface area contributed by atoms with Gasteiger partial charge in [0.2, 0.25) is 5.78 Å². The van der Waals surface area contributed by atoms with Gasteiger partial charge < -0.3 is 35.0 Å². The van der Waals surface area contributed by atoms with Gasteiger partial charge in [-0.05, 0) is 42.3 Å². The SMILES string of the molecule is COC(=O)c1c(O)ccc(O)c1C(=O)c1c(O)cc2c(c1O)[C@@H]1C=C[C@@]23C(C(=O)c2c(O)cc(C)cc2[C@@H]3OC(C)=O)C1=O. The van der Waals surface area contributed by atoms with Gasteiger partial charge >= 0.3 is 11.9 Å². The summed E-state index contributed by atoms with van der Waals surface area (Å²) < 4.78 is 10.4. The van der Waals surface area contributed by atoms with Crippen LogP contribution in [0.15, 0.2) is 42.5 Å². The molecule has 0 amide bonds. The summed E-state index contributed by atoms with van der Waals surface area (Å²) in [6, 6.07) is 5.79. The number of carbonyl (C=O) groups is 5. The fourth-order valence-corrected chi connectivity index (χ4v) is 6.88. The Labute approximate surface area is 248 Å². The Hall–Kier alpha value is -5.65. The lowest BCUT2D eigenvalue weighted by atomic mass is 9.48. The van der Waals surface area contributed by atoms with Crippen LogP contribution in [0.3, 0.4) is 0 Å². The summed E-state index contributed by atoms with van der Waals surface area (Å²) in [5.41, 5.74) is -3.84. The fourth-order valence-electron chi connectivity index (χ4n) is 6.88. The molecule has 0 aromatic heterocycles. The largest absolute Gasteiger partial charge is 0.507 e. The number of allylic oxidation sites excluding steroid dienone is 1. The summed E-state index contributed by atoms with van der Waals surface area (Å²) in [5, 5.41) is 54.4. The number of Topliss-reactive ketones (excluding diaryl/α,β-unsaturated/α-hetero) is 2. The molecule has 3 aromatic rings. The summed E-state index contributed by atoms with van der Waals surface area (Å²) in [5.74, 6) is -11.2. The molecule has 0 aliphatic heterocycles. The van der Waals surface area contributed by atoms with E-state index in [0.717, 1.165) is 32.2 Å². The average Bonchev–Trinajstić information content (AvgIpc) is 2.95. The number of aromatic hydroxyl groups is 5. The van der Waals surface area contributed by atoms with Crippen molar-refractivity contribution in [3.05, 3.63) is 87.0 Å². The Balaban J connectivity index is 1.65. The van der Waals surface area contributed by atoms with Crippen LogP contribution in [-0.2, 0) is 24.5 Å². The third-order valence-electron chi connectivity index (χ3n) is 8.54. The van der Waals surface area contributed by atoms with E-state index in [2.05, 4.69) is 4.74 Å². The van der Waals surface area contributed by atoms with E-state index in [4.69, 9.17) is 4.74 Å². The molecule has 12 heteroatoms. The average molecular weight is 601 g/mol. The van der Waals surface area contributed by atoms with Crippen molar-refractivity contribution < 1.29 is 59.0 Å². The second kappa shape index (κ2) is 9.43. The number of methoxy groups -OCH3 is 1. The maximum absolute atomic E-state index is 14.0. The number of ketones is 3. The molecule has 0 saturated carbocycles. The van der Waals surface area contributed by atoms with E-state index >= 15 is 0 Å². The zero-order valence-corrected chi connectivity index (χ0v) is 23.4. The maximum Gasteiger partial charge on any atom is 0.342 e. The minimum atomic E-state index is -1.79. The van der Waals surface area contributed by atoms with Gasteiger partial charge in [-0.25, -0.2) is 4.79 Å². The Morgan fingerprint density at radius 3 is 2.16 bits per heavy atom. The topological polar surface area (TPSA) is 205 Å². The van der Waals surface area contributed by atoms with Crippen LogP contribution in [0.1, 0.15) is 77.8 Å². The van der Waals surface area contributed by atoms with Crippen molar-refractivity contribution in [2.24, 2.45) is 5.92 Å². The van der Waals surface area contributed by atoms with E-state index in [0.29, 0.717) is 5.56 Å². The van der Waals surface area contributed by atoms with Gasteiger partial charge in [-0.15, -0.1) is 0 Å². The van der Waals surface area contributed by atoms with Crippen LogP contribution in [0.4, 0.5) is 0 Å². The molecule has 1 spiro atoms. The van der Waals surface area contributed by atoms with E-state index in [-0.39, 0.29) is 22.3 Å². The number of benzene rings is 3. The number of hydrogen-bond acceptors (Lipinski definition) is 12. The van der Waals surface area contributed by atoms with Gasteiger partial charge in [-0.2, -0.15) is 0 Å². The minimum absolute atomic E-state index is 0.0146. The highest BCUT2D eigenvalue weighted by Crippen LogP contribution is 2.64. The lowest BCUT2D eigenvalue weighted by Gasteiger charge is -2.53. The van der Waals surface area contributed by atoms with E-state index in [1.165, 1.54) is 24.3 Å². The van der Waals surface area contributed by atoms with Crippen molar-refractivity contribution in [3.63, 3.8) is 0 Å². The highest BCUT2D eigenvalue weighted by molar-refractivity contribution is 6.22. The van der Waals surface area contributed by atoms with Crippen LogP contribution in [-0.4, -0.2) is 61.9 Å². The van der Waals surface area contributed by atoms with E-state index in [9.17, 15) is 49.5 Å². The van der Waals surface area contributed by atoms with Gasteiger partial charge in [0.1, 0.15) is 46.0 Å². The molecule has 12 nitrogen and oxygen atoms in total. The number of aryl methyl sites for hydroxylation is 1. The Morgan fingerprint density at radius 2 is 1.52 bits per heavy atom. The van der Waals surface area contributed by atoms with Crippen LogP contribution in [0.5, 0.6) is 28.7 Å². The van der Waals surface area contributed by atoms with Crippen LogP contribution < -0.4 is 0 Å². The molecule has 0 heterocycles. The molecule has 7 rings (SSSR count). The summed E-state index contributed by atoms with van der Waals surface area (Å²) in [6.45, 7) is 2.76. The van der Waals surface area contributed by atoms with Crippen LogP contribution in [0, 0.1) is 12.8 Å². The fraction of sp³-hybridized carbons (Fsp3) is 0.219.